The van der Waals surface area contributed by atoms with Crippen LogP contribution in [0.25, 0.3) is 5.65 Å². The van der Waals surface area contributed by atoms with E-state index in [9.17, 15) is 0 Å². The molecule has 0 bridgehead atoms. The van der Waals surface area contributed by atoms with E-state index in [1.165, 1.54) is 4.63 Å². The Morgan fingerprint density at radius 2 is 2.12 bits per heavy atom. The van der Waals surface area contributed by atoms with Crippen molar-refractivity contribution in [2.24, 2.45) is 5.92 Å². The lowest BCUT2D eigenvalue weighted by atomic mass is 9.98. The van der Waals surface area contributed by atoms with Crippen molar-refractivity contribution in [2.75, 3.05) is 24.6 Å². The number of hydrogen-bond donors (Lipinski definition) is 1. The van der Waals surface area contributed by atoms with Crippen LogP contribution in [0.5, 0.6) is 0 Å². The van der Waals surface area contributed by atoms with Crippen LogP contribution in [0.4, 0.5) is 5.82 Å². The molecule has 90 valence electrons. The van der Waals surface area contributed by atoms with Gasteiger partial charge in [0, 0.05) is 19.7 Å². The summed E-state index contributed by atoms with van der Waals surface area (Å²) < 4.78 is 1.44. The van der Waals surface area contributed by atoms with E-state index in [0.29, 0.717) is 11.6 Å². The molecule has 2 aromatic rings. The summed E-state index contributed by atoms with van der Waals surface area (Å²) in [4.78, 5) is 2.20. The molecule has 0 aromatic carbocycles. The van der Waals surface area contributed by atoms with Crippen LogP contribution in [0, 0.1) is 5.92 Å². The van der Waals surface area contributed by atoms with E-state index in [1.807, 2.05) is 12.1 Å². The average Bonchev–Trinajstić information content (AvgIpc) is 2.86. The molecule has 0 atom stereocenters. The van der Waals surface area contributed by atoms with E-state index >= 15 is 0 Å². The number of piperidine rings is 1. The van der Waals surface area contributed by atoms with Crippen molar-refractivity contribution in [1.82, 2.24) is 25.3 Å². The Hall–Kier alpha value is -1.76. The summed E-state index contributed by atoms with van der Waals surface area (Å²) >= 11 is 0. The Morgan fingerprint density at radius 1 is 1.29 bits per heavy atom. The van der Waals surface area contributed by atoms with E-state index in [2.05, 4.69) is 25.5 Å². The summed E-state index contributed by atoms with van der Waals surface area (Å²) in [6.45, 7) is 2.13. The van der Waals surface area contributed by atoms with Gasteiger partial charge in [-0.25, -0.2) is 0 Å². The first-order valence-electron chi connectivity index (χ1n) is 5.78. The first kappa shape index (κ1) is 10.4. The highest BCUT2D eigenvalue weighted by molar-refractivity contribution is 5.44. The lowest BCUT2D eigenvalue weighted by molar-refractivity contribution is 0.202. The Morgan fingerprint density at radius 3 is 2.88 bits per heavy atom. The van der Waals surface area contributed by atoms with Gasteiger partial charge in [0.2, 0.25) is 0 Å². The van der Waals surface area contributed by atoms with E-state index in [1.54, 1.807) is 0 Å². The summed E-state index contributed by atoms with van der Waals surface area (Å²) in [7, 11) is 0. The van der Waals surface area contributed by atoms with Crippen LogP contribution in [0.15, 0.2) is 12.1 Å². The third kappa shape index (κ3) is 1.93. The van der Waals surface area contributed by atoms with Gasteiger partial charge in [0.15, 0.2) is 11.5 Å². The van der Waals surface area contributed by atoms with Crippen LogP contribution in [0.3, 0.4) is 0 Å². The molecule has 1 saturated heterocycles. The quantitative estimate of drug-likeness (QED) is 0.770. The summed E-state index contributed by atoms with van der Waals surface area (Å²) in [6.07, 6.45) is 2.01. The van der Waals surface area contributed by atoms with Gasteiger partial charge in [-0.3, -0.25) is 0 Å². The Bertz CT molecular complexity index is 504. The number of aliphatic hydroxyl groups excluding tert-OH is 1. The zero-order chi connectivity index (χ0) is 11.7. The molecule has 0 unspecified atom stereocenters. The molecule has 1 aliphatic rings. The summed E-state index contributed by atoms with van der Waals surface area (Å²) in [5, 5.41) is 24.6. The second kappa shape index (κ2) is 4.25. The highest BCUT2D eigenvalue weighted by Crippen LogP contribution is 2.21. The molecule has 7 nitrogen and oxygen atoms in total. The molecular weight excluding hydrogens is 220 g/mol. The molecular formula is C10H14N6O. The zero-order valence-corrected chi connectivity index (χ0v) is 9.40. The normalized spacial score (nSPS) is 17.8. The van der Waals surface area contributed by atoms with Crippen LogP contribution in [0.2, 0.25) is 0 Å². The fourth-order valence-electron chi connectivity index (χ4n) is 2.15. The zero-order valence-electron chi connectivity index (χ0n) is 9.40. The van der Waals surface area contributed by atoms with Gasteiger partial charge in [-0.2, -0.15) is 0 Å². The lowest BCUT2D eigenvalue weighted by Crippen LogP contribution is -2.35. The minimum atomic E-state index is 0.285. The van der Waals surface area contributed by atoms with Gasteiger partial charge in [-0.15, -0.1) is 14.8 Å². The second-order valence-corrected chi connectivity index (χ2v) is 4.33. The van der Waals surface area contributed by atoms with Crippen LogP contribution in [0.1, 0.15) is 12.8 Å². The van der Waals surface area contributed by atoms with Gasteiger partial charge >= 0.3 is 0 Å². The van der Waals surface area contributed by atoms with Gasteiger partial charge in [-0.1, -0.05) is 0 Å². The molecule has 3 rings (SSSR count). The molecule has 3 heterocycles. The van der Waals surface area contributed by atoms with Crippen molar-refractivity contribution < 1.29 is 5.11 Å². The molecule has 0 spiro atoms. The molecule has 2 aromatic heterocycles. The number of anilines is 1. The number of aliphatic hydroxyl groups is 1. The topological polar surface area (TPSA) is 79.4 Å². The maximum atomic E-state index is 9.10. The van der Waals surface area contributed by atoms with Crippen LogP contribution in [-0.4, -0.2) is 50.1 Å². The fraction of sp³-hybridized carbons (Fsp3) is 0.600. The fourth-order valence-corrected chi connectivity index (χ4v) is 2.15. The maximum Gasteiger partial charge on any atom is 0.200 e. The monoisotopic (exact) mass is 234 g/mol. The van der Waals surface area contributed by atoms with E-state index < -0.39 is 0 Å². The van der Waals surface area contributed by atoms with E-state index in [0.717, 1.165) is 31.7 Å². The Labute approximate surface area is 98.0 Å². The summed E-state index contributed by atoms with van der Waals surface area (Å²) in [6, 6.07) is 3.80. The first-order chi connectivity index (χ1) is 8.36. The lowest BCUT2D eigenvalue weighted by Gasteiger charge is -2.31. The molecule has 17 heavy (non-hydrogen) atoms. The number of tetrazole rings is 1. The summed E-state index contributed by atoms with van der Waals surface area (Å²) in [5.41, 5.74) is 0.652. The standard InChI is InChI=1S/C10H14N6O/c17-7-8-3-5-15(6-4-8)10-2-1-9-11-13-14-16(9)12-10/h1-2,8,17H,3-7H2. The van der Waals surface area contributed by atoms with Crippen LogP contribution in [-0.2, 0) is 0 Å². The van der Waals surface area contributed by atoms with Gasteiger partial charge in [0.05, 0.1) is 0 Å². The van der Waals surface area contributed by atoms with Gasteiger partial charge in [0.1, 0.15) is 0 Å². The van der Waals surface area contributed by atoms with Gasteiger partial charge < -0.3 is 10.0 Å². The van der Waals surface area contributed by atoms with E-state index in [-0.39, 0.29) is 6.61 Å². The molecule has 1 aliphatic heterocycles. The van der Waals surface area contributed by atoms with E-state index in [4.69, 9.17) is 5.11 Å². The second-order valence-electron chi connectivity index (χ2n) is 4.33. The number of rotatable bonds is 2. The minimum absolute atomic E-state index is 0.285. The third-order valence-corrected chi connectivity index (χ3v) is 3.25. The number of fused-ring (bicyclic) bond motifs is 1. The number of hydrogen-bond acceptors (Lipinski definition) is 6. The van der Waals surface area contributed by atoms with Gasteiger partial charge in [0.25, 0.3) is 0 Å². The predicted octanol–water partition coefficient (Wildman–Crippen LogP) is -0.272. The Kier molecular flexibility index (Phi) is 2.60. The van der Waals surface area contributed by atoms with Crippen molar-refractivity contribution in [3.05, 3.63) is 12.1 Å². The highest BCUT2D eigenvalue weighted by Gasteiger charge is 2.19. The molecule has 0 aliphatic carbocycles. The van der Waals surface area contributed by atoms with Crippen molar-refractivity contribution in [3.63, 3.8) is 0 Å². The first-order valence-corrected chi connectivity index (χ1v) is 5.78. The third-order valence-electron chi connectivity index (χ3n) is 3.25. The van der Waals surface area contributed by atoms with Crippen molar-refractivity contribution in [3.8, 4) is 0 Å². The highest BCUT2D eigenvalue weighted by atomic mass is 16.3. The largest absolute Gasteiger partial charge is 0.396 e. The smallest absolute Gasteiger partial charge is 0.200 e. The molecule has 0 amide bonds. The molecule has 1 N–H and O–H groups in total. The molecule has 7 heteroatoms. The minimum Gasteiger partial charge on any atom is -0.396 e. The number of nitrogens with zero attached hydrogens (tertiary/aromatic N) is 6. The SMILES string of the molecule is OCC1CCN(c2ccc3nnnn3n2)CC1. The van der Waals surface area contributed by atoms with Crippen LogP contribution >= 0.6 is 0 Å². The molecule has 0 saturated carbocycles. The van der Waals surface area contributed by atoms with Crippen LogP contribution < -0.4 is 4.90 Å². The Balaban J connectivity index is 1.79. The van der Waals surface area contributed by atoms with Crippen molar-refractivity contribution in [2.45, 2.75) is 12.8 Å². The maximum absolute atomic E-state index is 9.10. The molecule has 1 fully saturated rings. The van der Waals surface area contributed by atoms with Crippen molar-refractivity contribution >= 4 is 11.5 Å². The van der Waals surface area contributed by atoms with Crippen molar-refractivity contribution in [1.29, 1.82) is 0 Å². The molecule has 0 radical (unpaired) electrons. The number of aromatic nitrogens is 5. The van der Waals surface area contributed by atoms with Gasteiger partial charge in [-0.05, 0) is 41.3 Å². The predicted molar refractivity (Wildman–Crippen MR) is 60.6 cm³/mol. The summed E-state index contributed by atoms with van der Waals surface area (Å²) in [5.74, 6) is 1.32. The average molecular weight is 234 g/mol.